The van der Waals surface area contributed by atoms with Crippen LogP contribution in [0.4, 0.5) is 0 Å². The third-order valence-corrected chi connectivity index (χ3v) is 5.50. The fourth-order valence-electron chi connectivity index (χ4n) is 4.02. The Kier molecular flexibility index (Phi) is 7.15. The molecule has 2 unspecified atom stereocenters. The molecule has 2 amide bonds. The van der Waals surface area contributed by atoms with Gasteiger partial charge in [-0.3, -0.25) is 9.59 Å². The minimum absolute atomic E-state index is 0. The van der Waals surface area contributed by atoms with Crippen LogP contribution in [0.3, 0.4) is 0 Å². The number of rotatable bonds is 7. The van der Waals surface area contributed by atoms with E-state index < -0.39 is 0 Å². The highest BCUT2D eigenvalue weighted by atomic mass is 35.5. The van der Waals surface area contributed by atoms with Crippen LogP contribution in [-0.4, -0.2) is 37.0 Å². The molecule has 3 aliphatic rings. The lowest BCUT2D eigenvalue weighted by atomic mass is 9.85. The first-order chi connectivity index (χ1) is 10.7. The zero-order chi connectivity index (χ0) is 15.4. The lowest BCUT2D eigenvalue weighted by Crippen LogP contribution is -2.40. The lowest BCUT2D eigenvalue weighted by molar-refractivity contribution is -0.127. The summed E-state index contributed by atoms with van der Waals surface area (Å²) >= 11 is 0. The van der Waals surface area contributed by atoms with Crippen LogP contribution < -0.4 is 16.0 Å². The summed E-state index contributed by atoms with van der Waals surface area (Å²) < 4.78 is 0. The minimum Gasteiger partial charge on any atom is -0.356 e. The van der Waals surface area contributed by atoms with E-state index >= 15 is 0 Å². The third kappa shape index (κ3) is 5.35. The number of piperidine rings is 1. The topological polar surface area (TPSA) is 70.2 Å². The first-order valence-corrected chi connectivity index (χ1v) is 9.01. The number of amides is 2. The van der Waals surface area contributed by atoms with Gasteiger partial charge in [0.15, 0.2) is 0 Å². The molecule has 2 saturated heterocycles. The van der Waals surface area contributed by atoms with Crippen LogP contribution in [-0.2, 0) is 9.59 Å². The first-order valence-electron chi connectivity index (χ1n) is 9.01. The minimum atomic E-state index is 0. The second-order valence-corrected chi connectivity index (χ2v) is 7.30. The second kappa shape index (κ2) is 8.88. The van der Waals surface area contributed by atoms with Crippen LogP contribution in [0.5, 0.6) is 0 Å². The van der Waals surface area contributed by atoms with E-state index in [-0.39, 0.29) is 30.1 Å². The predicted octanol–water partition coefficient (Wildman–Crippen LogP) is 1.75. The fraction of sp³-hybridized carbons (Fsp3) is 0.882. The van der Waals surface area contributed by atoms with Crippen LogP contribution >= 0.6 is 12.4 Å². The van der Waals surface area contributed by atoms with Gasteiger partial charge in [-0.25, -0.2) is 0 Å². The molecule has 0 aromatic carbocycles. The van der Waals surface area contributed by atoms with Gasteiger partial charge in [-0.05, 0) is 50.9 Å². The van der Waals surface area contributed by atoms with E-state index in [0.29, 0.717) is 37.5 Å². The van der Waals surface area contributed by atoms with E-state index in [4.69, 9.17) is 0 Å². The van der Waals surface area contributed by atoms with Gasteiger partial charge < -0.3 is 16.0 Å². The molecule has 2 heterocycles. The number of carbonyl (C=O) groups excluding carboxylic acids is 2. The molecule has 1 aliphatic carbocycles. The average Bonchev–Trinajstić information content (AvgIpc) is 2.75. The van der Waals surface area contributed by atoms with Crippen molar-refractivity contribution in [2.24, 2.45) is 11.8 Å². The van der Waals surface area contributed by atoms with Gasteiger partial charge in [-0.1, -0.05) is 6.42 Å². The summed E-state index contributed by atoms with van der Waals surface area (Å²) in [6.07, 6.45) is 9.63. The number of fused-ring (bicyclic) bond motifs is 2. The van der Waals surface area contributed by atoms with Gasteiger partial charge >= 0.3 is 0 Å². The molecule has 132 valence electrons. The third-order valence-electron chi connectivity index (χ3n) is 5.50. The van der Waals surface area contributed by atoms with Crippen molar-refractivity contribution >= 4 is 24.2 Å². The van der Waals surface area contributed by atoms with Gasteiger partial charge in [0.05, 0.1) is 0 Å². The van der Waals surface area contributed by atoms with Gasteiger partial charge in [0.1, 0.15) is 0 Å². The maximum Gasteiger partial charge on any atom is 0.223 e. The van der Waals surface area contributed by atoms with Crippen LogP contribution in [0, 0.1) is 11.8 Å². The summed E-state index contributed by atoms with van der Waals surface area (Å²) in [4.78, 5) is 23.6. The van der Waals surface area contributed by atoms with Crippen molar-refractivity contribution in [2.75, 3.05) is 13.1 Å². The van der Waals surface area contributed by atoms with Crippen LogP contribution in [0.2, 0.25) is 0 Å². The number of hydrogen-bond acceptors (Lipinski definition) is 3. The molecule has 1 saturated carbocycles. The van der Waals surface area contributed by atoms with Crippen LogP contribution in [0.15, 0.2) is 0 Å². The fourth-order valence-corrected chi connectivity index (χ4v) is 4.02. The summed E-state index contributed by atoms with van der Waals surface area (Å²) in [7, 11) is 0. The lowest BCUT2D eigenvalue weighted by Gasteiger charge is -2.28. The van der Waals surface area contributed by atoms with Crippen LogP contribution in [0.1, 0.15) is 57.8 Å². The molecular formula is C17H30ClN3O2. The highest BCUT2D eigenvalue weighted by molar-refractivity contribution is 5.85. The van der Waals surface area contributed by atoms with Gasteiger partial charge in [-0.15, -0.1) is 12.4 Å². The molecule has 3 N–H and O–H groups in total. The van der Waals surface area contributed by atoms with E-state index in [1.165, 1.54) is 19.3 Å². The van der Waals surface area contributed by atoms with Crippen molar-refractivity contribution < 1.29 is 9.59 Å². The largest absolute Gasteiger partial charge is 0.356 e. The Bertz CT molecular complexity index is 403. The number of hydrogen-bond donors (Lipinski definition) is 3. The Labute approximate surface area is 145 Å². The van der Waals surface area contributed by atoms with Crippen molar-refractivity contribution in [1.82, 2.24) is 16.0 Å². The molecule has 2 aliphatic heterocycles. The monoisotopic (exact) mass is 343 g/mol. The number of halogens is 1. The second-order valence-electron chi connectivity index (χ2n) is 7.30. The van der Waals surface area contributed by atoms with Gasteiger partial charge in [0.2, 0.25) is 11.8 Å². The average molecular weight is 344 g/mol. The smallest absolute Gasteiger partial charge is 0.223 e. The Morgan fingerprint density at radius 1 is 0.957 bits per heavy atom. The van der Waals surface area contributed by atoms with E-state index in [1.54, 1.807) is 0 Å². The maximum atomic E-state index is 12.0. The Morgan fingerprint density at radius 2 is 1.61 bits per heavy atom. The summed E-state index contributed by atoms with van der Waals surface area (Å²) in [5.41, 5.74) is 0. The van der Waals surface area contributed by atoms with E-state index in [0.717, 1.165) is 32.1 Å². The molecular weight excluding hydrogens is 314 g/mol. The zero-order valence-corrected chi connectivity index (χ0v) is 14.6. The maximum absolute atomic E-state index is 12.0. The van der Waals surface area contributed by atoms with E-state index in [2.05, 4.69) is 16.0 Å². The molecule has 3 fully saturated rings. The predicted molar refractivity (Wildman–Crippen MR) is 92.5 cm³/mol. The highest BCUT2D eigenvalue weighted by Gasteiger charge is 2.34. The molecule has 0 aromatic heterocycles. The summed E-state index contributed by atoms with van der Waals surface area (Å²) in [5.74, 6) is 1.18. The molecule has 23 heavy (non-hydrogen) atoms. The Hall–Kier alpha value is -0.810. The number of carbonyl (C=O) groups is 2. The summed E-state index contributed by atoms with van der Waals surface area (Å²) in [6.45, 7) is 1.34. The molecule has 0 aromatic rings. The molecule has 0 spiro atoms. The Balaban J connectivity index is 0.00000192. The Morgan fingerprint density at radius 3 is 2.22 bits per heavy atom. The summed E-state index contributed by atoms with van der Waals surface area (Å²) in [6, 6.07) is 1.30. The number of nitrogens with one attached hydrogen (secondary N) is 3. The van der Waals surface area contributed by atoms with Crippen molar-refractivity contribution in [3.05, 3.63) is 0 Å². The van der Waals surface area contributed by atoms with Gasteiger partial charge in [-0.2, -0.15) is 0 Å². The zero-order valence-electron chi connectivity index (χ0n) is 13.8. The van der Waals surface area contributed by atoms with Gasteiger partial charge in [0, 0.05) is 37.5 Å². The van der Waals surface area contributed by atoms with Crippen molar-refractivity contribution in [3.63, 3.8) is 0 Å². The van der Waals surface area contributed by atoms with Crippen molar-refractivity contribution in [2.45, 2.75) is 69.9 Å². The normalized spacial score (nSPS) is 29.3. The van der Waals surface area contributed by atoms with E-state index in [1.807, 2.05) is 0 Å². The van der Waals surface area contributed by atoms with Gasteiger partial charge in [0.25, 0.3) is 0 Å². The van der Waals surface area contributed by atoms with Crippen LogP contribution in [0.25, 0.3) is 0 Å². The SMILES string of the molecule is Cl.O=C(CC1CC2CCC(C1)N2)NCCCNC(=O)C1CCC1. The van der Waals surface area contributed by atoms with Crippen molar-refractivity contribution in [1.29, 1.82) is 0 Å². The molecule has 2 atom stereocenters. The molecule has 0 radical (unpaired) electrons. The standard InChI is InChI=1S/C17H29N3O2.ClH/c21-16(11-12-9-14-5-6-15(10-12)20-14)18-7-2-8-19-17(22)13-3-1-4-13;/h12-15,20H,1-11H2,(H,18,21)(H,19,22);1H. The van der Waals surface area contributed by atoms with E-state index in [9.17, 15) is 9.59 Å². The first kappa shape index (κ1) is 18.5. The molecule has 2 bridgehead atoms. The quantitative estimate of drug-likeness (QED) is 0.617. The highest BCUT2D eigenvalue weighted by Crippen LogP contribution is 2.32. The molecule has 3 rings (SSSR count). The molecule has 5 nitrogen and oxygen atoms in total. The van der Waals surface area contributed by atoms with Crippen molar-refractivity contribution in [3.8, 4) is 0 Å². The summed E-state index contributed by atoms with van der Waals surface area (Å²) in [5, 5.41) is 9.57. The molecule has 6 heteroatoms.